The van der Waals surface area contributed by atoms with Crippen molar-refractivity contribution >= 4 is 5.91 Å². The lowest BCUT2D eigenvalue weighted by Crippen LogP contribution is -2.27. The minimum Gasteiger partial charge on any atom is -0.493 e. The number of methoxy groups -OCH3 is 1. The minimum absolute atomic E-state index is 0.0212. The number of amides is 1. The van der Waals surface area contributed by atoms with Crippen LogP contribution < -0.4 is 9.47 Å². The Kier molecular flexibility index (Phi) is 3.97. The third kappa shape index (κ3) is 3.16. The fraction of sp³-hybridized carbons (Fsp3) is 0.364. The van der Waals surface area contributed by atoms with Gasteiger partial charge in [0.25, 0.3) is 5.91 Å². The van der Waals surface area contributed by atoms with Crippen molar-refractivity contribution in [2.75, 3.05) is 27.8 Å². The van der Waals surface area contributed by atoms with Crippen molar-refractivity contribution in [2.24, 2.45) is 0 Å². The Morgan fingerprint density at radius 1 is 1.27 bits per heavy atom. The molecule has 1 aromatic carbocycles. The molecule has 0 bridgehead atoms. The Hall–Kier alpha value is -1.71. The van der Waals surface area contributed by atoms with E-state index in [1.807, 2.05) is 12.1 Å². The van der Waals surface area contributed by atoms with Gasteiger partial charge in [-0.2, -0.15) is 0 Å². The molecule has 15 heavy (non-hydrogen) atoms. The Morgan fingerprint density at radius 3 is 2.40 bits per heavy atom. The van der Waals surface area contributed by atoms with Gasteiger partial charge in [0.1, 0.15) is 0 Å². The van der Waals surface area contributed by atoms with Crippen LogP contribution >= 0.6 is 0 Å². The highest BCUT2D eigenvalue weighted by atomic mass is 16.5. The Bertz CT molecular complexity index is 336. The van der Waals surface area contributed by atoms with Gasteiger partial charge in [-0.1, -0.05) is 12.1 Å². The first-order valence-corrected chi connectivity index (χ1v) is 4.61. The number of carbonyl (C=O) groups excluding carboxylic acids is 1. The Balaban J connectivity index is 2.61. The van der Waals surface area contributed by atoms with Crippen LogP contribution in [-0.2, 0) is 4.79 Å². The lowest BCUT2D eigenvalue weighted by Gasteiger charge is -2.13. The van der Waals surface area contributed by atoms with Gasteiger partial charge in [0, 0.05) is 14.1 Å². The highest BCUT2D eigenvalue weighted by Gasteiger charge is 2.07. The van der Waals surface area contributed by atoms with Gasteiger partial charge in [0.2, 0.25) is 0 Å². The number of benzene rings is 1. The van der Waals surface area contributed by atoms with Crippen LogP contribution in [0, 0.1) is 0 Å². The molecule has 4 nitrogen and oxygen atoms in total. The summed E-state index contributed by atoms with van der Waals surface area (Å²) in [6.45, 7) is 0.0212. The highest BCUT2D eigenvalue weighted by molar-refractivity contribution is 5.77. The van der Waals surface area contributed by atoms with Crippen LogP contribution in [0.3, 0.4) is 0 Å². The van der Waals surface area contributed by atoms with E-state index in [2.05, 4.69) is 0 Å². The molecule has 0 radical (unpaired) electrons. The van der Waals surface area contributed by atoms with Gasteiger partial charge in [-0.25, -0.2) is 0 Å². The maximum atomic E-state index is 11.3. The summed E-state index contributed by atoms with van der Waals surface area (Å²) in [6, 6.07) is 7.23. The number of likely N-dealkylation sites (N-methyl/N-ethyl adjacent to an activating group) is 1. The molecule has 1 amide bonds. The van der Waals surface area contributed by atoms with Crippen LogP contribution in [0.25, 0.3) is 0 Å². The number of hydrogen-bond acceptors (Lipinski definition) is 3. The van der Waals surface area contributed by atoms with E-state index in [-0.39, 0.29) is 12.5 Å². The molecule has 1 rings (SSSR count). The van der Waals surface area contributed by atoms with Gasteiger partial charge < -0.3 is 14.4 Å². The van der Waals surface area contributed by atoms with Gasteiger partial charge in [-0.3, -0.25) is 4.79 Å². The summed E-state index contributed by atoms with van der Waals surface area (Å²) in [6.07, 6.45) is 0. The number of carbonyl (C=O) groups is 1. The Labute approximate surface area is 89.4 Å². The van der Waals surface area contributed by atoms with E-state index in [0.717, 1.165) is 0 Å². The molecule has 1 aromatic rings. The number of ether oxygens (including phenoxy) is 2. The molecule has 0 aliphatic rings. The van der Waals surface area contributed by atoms with Crippen molar-refractivity contribution in [3.05, 3.63) is 24.3 Å². The van der Waals surface area contributed by atoms with Gasteiger partial charge >= 0.3 is 0 Å². The van der Waals surface area contributed by atoms with Gasteiger partial charge in [0.15, 0.2) is 18.1 Å². The number of hydrogen-bond donors (Lipinski definition) is 0. The number of para-hydroxylation sites is 2. The first-order valence-electron chi connectivity index (χ1n) is 4.61. The fourth-order valence-electron chi connectivity index (χ4n) is 1.01. The monoisotopic (exact) mass is 209 g/mol. The Morgan fingerprint density at radius 2 is 1.87 bits per heavy atom. The molecule has 82 valence electrons. The van der Waals surface area contributed by atoms with Crippen molar-refractivity contribution < 1.29 is 14.3 Å². The zero-order valence-electron chi connectivity index (χ0n) is 9.19. The topological polar surface area (TPSA) is 38.8 Å². The smallest absolute Gasteiger partial charge is 0.259 e. The van der Waals surface area contributed by atoms with Gasteiger partial charge in [-0.05, 0) is 12.1 Å². The lowest BCUT2D eigenvalue weighted by molar-refractivity contribution is -0.130. The van der Waals surface area contributed by atoms with Crippen molar-refractivity contribution in [2.45, 2.75) is 0 Å². The molecule has 0 spiro atoms. The first-order chi connectivity index (χ1) is 7.15. The molecule has 0 unspecified atom stereocenters. The quantitative estimate of drug-likeness (QED) is 0.747. The van der Waals surface area contributed by atoms with Crippen molar-refractivity contribution in [3.8, 4) is 11.5 Å². The van der Waals surface area contributed by atoms with Crippen LogP contribution in [0.2, 0.25) is 0 Å². The molecular formula is C11H15NO3. The third-order valence-electron chi connectivity index (χ3n) is 1.92. The summed E-state index contributed by atoms with van der Waals surface area (Å²) >= 11 is 0. The first kappa shape index (κ1) is 11.4. The molecule has 0 saturated carbocycles. The van der Waals surface area contributed by atoms with E-state index < -0.39 is 0 Å². The van der Waals surface area contributed by atoms with Crippen LogP contribution in [0.4, 0.5) is 0 Å². The van der Waals surface area contributed by atoms with Crippen molar-refractivity contribution in [1.29, 1.82) is 0 Å². The SMILES string of the molecule is COc1ccccc1OCC(=O)N(C)C. The lowest BCUT2D eigenvalue weighted by atomic mass is 10.3. The standard InChI is InChI=1S/C11H15NO3/c1-12(2)11(13)8-15-10-7-5-4-6-9(10)14-3/h4-7H,8H2,1-3H3. The second-order valence-electron chi connectivity index (χ2n) is 3.23. The van der Waals surface area contributed by atoms with Crippen LogP contribution in [0.15, 0.2) is 24.3 Å². The molecule has 0 aromatic heterocycles. The van der Waals surface area contributed by atoms with Gasteiger partial charge in [-0.15, -0.1) is 0 Å². The maximum absolute atomic E-state index is 11.3. The fourth-order valence-corrected chi connectivity index (χ4v) is 1.01. The predicted molar refractivity (Wildman–Crippen MR) is 57.2 cm³/mol. The second-order valence-corrected chi connectivity index (χ2v) is 3.23. The van der Waals surface area contributed by atoms with E-state index in [1.165, 1.54) is 4.90 Å². The highest BCUT2D eigenvalue weighted by Crippen LogP contribution is 2.25. The van der Waals surface area contributed by atoms with Crippen LogP contribution in [0.5, 0.6) is 11.5 Å². The summed E-state index contributed by atoms with van der Waals surface area (Å²) < 4.78 is 10.4. The predicted octanol–water partition coefficient (Wildman–Crippen LogP) is 1.16. The summed E-state index contributed by atoms with van der Waals surface area (Å²) in [5.41, 5.74) is 0. The van der Waals surface area contributed by atoms with Crippen molar-refractivity contribution in [1.82, 2.24) is 4.90 Å². The maximum Gasteiger partial charge on any atom is 0.259 e. The average Bonchev–Trinajstić information content (AvgIpc) is 2.26. The minimum atomic E-state index is -0.0825. The number of nitrogens with zero attached hydrogens (tertiary/aromatic N) is 1. The van der Waals surface area contributed by atoms with Gasteiger partial charge in [0.05, 0.1) is 7.11 Å². The average molecular weight is 209 g/mol. The zero-order valence-corrected chi connectivity index (χ0v) is 9.19. The van der Waals surface area contributed by atoms with E-state index in [4.69, 9.17) is 9.47 Å². The van der Waals surface area contributed by atoms with Crippen molar-refractivity contribution in [3.63, 3.8) is 0 Å². The molecule has 0 atom stereocenters. The molecule has 0 heterocycles. The summed E-state index contributed by atoms with van der Waals surface area (Å²) in [5.74, 6) is 1.13. The summed E-state index contributed by atoms with van der Waals surface area (Å²) in [7, 11) is 4.94. The molecule has 0 aliphatic heterocycles. The normalized spacial score (nSPS) is 9.53. The van der Waals surface area contributed by atoms with E-state index in [1.54, 1.807) is 33.3 Å². The largest absolute Gasteiger partial charge is 0.493 e. The van der Waals surface area contributed by atoms with Crippen LogP contribution in [0.1, 0.15) is 0 Å². The van der Waals surface area contributed by atoms with Crippen LogP contribution in [-0.4, -0.2) is 38.6 Å². The molecule has 0 N–H and O–H groups in total. The molecule has 0 aliphatic carbocycles. The molecule has 0 saturated heterocycles. The zero-order chi connectivity index (χ0) is 11.3. The third-order valence-corrected chi connectivity index (χ3v) is 1.92. The summed E-state index contributed by atoms with van der Waals surface area (Å²) in [4.78, 5) is 12.8. The molecule has 4 heteroatoms. The number of rotatable bonds is 4. The second kappa shape index (κ2) is 5.24. The molecular weight excluding hydrogens is 194 g/mol. The van der Waals surface area contributed by atoms with E-state index in [0.29, 0.717) is 11.5 Å². The van der Waals surface area contributed by atoms with E-state index in [9.17, 15) is 4.79 Å². The molecule has 0 fully saturated rings. The summed E-state index contributed by atoms with van der Waals surface area (Å²) in [5, 5.41) is 0. The van der Waals surface area contributed by atoms with E-state index >= 15 is 0 Å².